The van der Waals surface area contributed by atoms with Crippen LogP contribution >= 0.6 is 0 Å². The molecule has 0 radical (unpaired) electrons. The van der Waals surface area contributed by atoms with Gasteiger partial charge in [-0.1, -0.05) is 38.1 Å². The van der Waals surface area contributed by atoms with Crippen LogP contribution in [0.15, 0.2) is 23.4 Å². The molecule has 2 rings (SSSR count). The fourth-order valence-corrected chi connectivity index (χ4v) is 2.57. The molecule has 1 aliphatic rings. The van der Waals surface area contributed by atoms with E-state index in [0.717, 1.165) is 16.7 Å². The number of nitrogens with zero attached hydrogens (tertiary/aromatic N) is 1. The van der Waals surface area contributed by atoms with E-state index in [-0.39, 0.29) is 17.8 Å². The molecule has 1 aromatic rings. The van der Waals surface area contributed by atoms with Gasteiger partial charge in [-0.2, -0.15) is 0 Å². The van der Waals surface area contributed by atoms with Crippen LogP contribution in [-0.2, 0) is 10.2 Å². The van der Waals surface area contributed by atoms with Crippen molar-refractivity contribution in [2.24, 2.45) is 5.16 Å². The van der Waals surface area contributed by atoms with Gasteiger partial charge in [-0.05, 0) is 22.6 Å². The molecule has 0 aliphatic heterocycles. The van der Waals surface area contributed by atoms with Crippen LogP contribution in [0, 0.1) is 0 Å². The fourth-order valence-electron chi connectivity index (χ4n) is 2.57. The molecule has 0 saturated carbocycles. The van der Waals surface area contributed by atoms with Crippen LogP contribution in [0.5, 0.6) is 0 Å². The minimum atomic E-state index is -0.824. The van der Waals surface area contributed by atoms with E-state index < -0.39 is 5.97 Å². The molecule has 0 bridgehead atoms. The van der Waals surface area contributed by atoms with Crippen molar-refractivity contribution < 1.29 is 15.1 Å². The number of carbonyl (C=O) groups is 1. The maximum Gasteiger partial charge on any atom is 0.303 e. The molecule has 0 aromatic heterocycles. The highest BCUT2D eigenvalue weighted by Crippen LogP contribution is 2.38. The molecular formula is C15H19NO3. The number of carboxylic acid groups (broad SMARTS) is 1. The van der Waals surface area contributed by atoms with Crippen LogP contribution in [0.25, 0.3) is 0 Å². The molecule has 1 unspecified atom stereocenters. The van der Waals surface area contributed by atoms with Gasteiger partial charge in [0.25, 0.3) is 0 Å². The highest BCUT2D eigenvalue weighted by Gasteiger charge is 2.31. The monoisotopic (exact) mass is 261 g/mol. The Hall–Kier alpha value is -1.84. The summed E-state index contributed by atoms with van der Waals surface area (Å²) in [4.78, 5) is 10.9. The molecule has 1 atom stereocenters. The van der Waals surface area contributed by atoms with Crippen molar-refractivity contribution in [2.45, 2.75) is 44.9 Å². The van der Waals surface area contributed by atoms with Crippen molar-refractivity contribution in [1.29, 1.82) is 0 Å². The summed E-state index contributed by atoms with van der Waals surface area (Å²) in [6.45, 7) is 6.36. The first kappa shape index (κ1) is 13.6. The van der Waals surface area contributed by atoms with Gasteiger partial charge in [-0.15, -0.1) is 0 Å². The van der Waals surface area contributed by atoms with Crippen LogP contribution < -0.4 is 0 Å². The van der Waals surface area contributed by atoms with Crippen molar-refractivity contribution >= 4 is 11.7 Å². The maximum absolute atomic E-state index is 10.9. The molecule has 0 saturated heterocycles. The van der Waals surface area contributed by atoms with E-state index in [1.165, 1.54) is 0 Å². The van der Waals surface area contributed by atoms with E-state index in [2.05, 4.69) is 25.9 Å². The molecule has 0 spiro atoms. The lowest BCUT2D eigenvalue weighted by Crippen LogP contribution is -2.12. The highest BCUT2D eigenvalue weighted by molar-refractivity contribution is 6.05. The van der Waals surface area contributed by atoms with Crippen molar-refractivity contribution in [1.82, 2.24) is 0 Å². The summed E-state index contributed by atoms with van der Waals surface area (Å²) in [7, 11) is 0. The first-order chi connectivity index (χ1) is 8.82. The molecule has 4 heteroatoms. The Kier molecular flexibility index (Phi) is 3.35. The number of oxime groups is 1. The van der Waals surface area contributed by atoms with Crippen molar-refractivity contribution in [3.05, 3.63) is 34.9 Å². The van der Waals surface area contributed by atoms with Gasteiger partial charge in [0.15, 0.2) is 0 Å². The van der Waals surface area contributed by atoms with E-state index in [1.807, 2.05) is 18.2 Å². The quantitative estimate of drug-likeness (QED) is 0.634. The van der Waals surface area contributed by atoms with Gasteiger partial charge >= 0.3 is 5.97 Å². The molecule has 19 heavy (non-hydrogen) atoms. The summed E-state index contributed by atoms with van der Waals surface area (Å²) in [5.74, 6) is -0.914. The number of rotatable bonds is 2. The lowest BCUT2D eigenvalue weighted by Gasteiger charge is -2.20. The predicted molar refractivity (Wildman–Crippen MR) is 73.1 cm³/mol. The number of carboxylic acids is 1. The SMILES string of the molecule is CC(C)(C)c1ccc2c(c1)/C(=N\O)CC2CC(=O)O. The Balaban J connectivity index is 2.46. The predicted octanol–water partition coefficient (Wildman–Crippen LogP) is 3.12. The topological polar surface area (TPSA) is 69.9 Å². The molecule has 4 nitrogen and oxygen atoms in total. The largest absolute Gasteiger partial charge is 0.481 e. The maximum atomic E-state index is 10.9. The average Bonchev–Trinajstić information content (AvgIpc) is 2.65. The molecule has 1 aromatic carbocycles. The number of aliphatic carboxylic acids is 1. The normalized spacial score (nSPS) is 20.6. The Labute approximate surface area is 112 Å². The van der Waals surface area contributed by atoms with Crippen LogP contribution in [0.3, 0.4) is 0 Å². The Morgan fingerprint density at radius 2 is 2.11 bits per heavy atom. The molecule has 0 amide bonds. The smallest absolute Gasteiger partial charge is 0.303 e. The number of benzene rings is 1. The zero-order valence-corrected chi connectivity index (χ0v) is 11.5. The first-order valence-corrected chi connectivity index (χ1v) is 6.40. The van der Waals surface area contributed by atoms with Gasteiger partial charge in [0.05, 0.1) is 12.1 Å². The van der Waals surface area contributed by atoms with Gasteiger partial charge in [0, 0.05) is 17.9 Å². The van der Waals surface area contributed by atoms with Gasteiger partial charge < -0.3 is 10.3 Å². The molecular weight excluding hydrogens is 242 g/mol. The van der Waals surface area contributed by atoms with Crippen LogP contribution in [-0.4, -0.2) is 22.0 Å². The van der Waals surface area contributed by atoms with Gasteiger partial charge in [-0.3, -0.25) is 4.79 Å². The average molecular weight is 261 g/mol. The second-order valence-electron chi connectivity index (χ2n) is 6.10. The third-order valence-electron chi connectivity index (χ3n) is 3.65. The van der Waals surface area contributed by atoms with Gasteiger partial charge in [-0.25, -0.2) is 0 Å². The molecule has 2 N–H and O–H groups in total. The third-order valence-corrected chi connectivity index (χ3v) is 3.65. The van der Waals surface area contributed by atoms with E-state index in [4.69, 9.17) is 10.3 Å². The van der Waals surface area contributed by atoms with Crippen molar-refractivity contribution in [2.75, 3.05) is 0 Å². The van der Waals surface area contributed by atoms with Gasteiger partial charge in [0.1, 0.15) is 0 Å². The van der Waals surface area contributed by atoms with E-state index in [9.17, 15) is 4.79 Å². The van der Waals surface area contributed by atoms with Crippen LogP contribution in [0.2, 0.25) is 0 Å². The Bertz CT molecular complexity index is 541. The summed E-state index contributed by atoms with van der Waals surface area (Å²) < 4.78 is 0. The molecule has 0 fully saturated rings. The minimum absolute atomic E-state index is 0.0144. The minimum Gasteiger partial charge on any atom is -0.481 e. The van der Waals surface area contributed by atoms with Crippen molar-refractivity contribution in [3.63, 3.8) is 0 Å². The lowest BCUT2D eigenvalue weighted by atomic mass is 9.85. The zero-order chi connectivity index (χ0) is 14.2. The fraction of sp³-hybridized carbons (Fsp3) is 0.467. The second kappa shape index (κ2) is 4.68. The number of hydrogen-bond acceptors (Lipinski definition) is 3. The summed E-state index contributed by atoms with van der Waals surface area (Å²) >= 11 is 0. The van der Waals surface area contributed by atoms with E-state index >= 15 is 0 Å². The van der Waals surface area contributed by atoms with E-state index in [1.54, 1.807) is 0 Å². The number of fused-ring (bicyclic) bond motifs is 1. The molecule has 102 valence electrons. The number of hydrogen-bond donors (Lipinski definition) is 2. The lowest BCUT2D eigenvalue weighted by molar-refractivity contribution is -0.137. The summed E-state index contributed by atoms with van der Waals surface area (Å²) in [5.41, 5.74) is 3.63. The Morgan fingerprint density at radius 1 is 1.42 bits per heavy atom. The summed E-state index contributed by atoms with van der Waals surface area (Å²) in [6, 6.07) is 6.03. The standard InChI is InChI=1S/C15H19NO3/c1-15(2,3)10-4-5-11-9(7-14(17)18)6-13(16-19)12(11)8-10/h4-5,8-9,19H,6-7H2,1-3H3,(H,17,18)/b16-13-. The Morgan fingerprint density at radius 3 is 2.63 bits per heavy atom. The first-order valence-electron chi connectivity index (χ1n) is 6.40. The molecule has 1 aliphatic carbocycles. The van der Waals surface area contributed by atoms with Crippen molar-refractivity contribution in [3.8, 4) is 0 Å². The third kappa shape index (κ3) is 2.62. The highest BCUT2D eigenvalue weighted by atomic mass is 16.4. The van der Waals surface area contributed by atoms with Gasteiger partial charge in [0.2, 0.25) is 0 Å². The van der Waals surface area contributed by atoms with E-state index in [0.29, 0.717) is 12.1 Å². The van der Waals surface area contributed by atoms with Crippen LogP contribution in [0.4, 0.5) is 0 Å². The van der Waals surface area contributed by atoms with Crippen LogP contribution in [0.1, 0.15) is 56.2 Å². The molecule has 0 heterocycles. The summed E-state index contributed by atoms with van der Waals surface area (Å²) in [5, 5.41) is 21.4. The zero-order valence-electron chi connectivity index (χ0n) is 11.5. The second-order valence-corrected chi connectivity index (χ2v) is 6.10. The summed E-state index contributed by atoms with van der Waals surface area (Å²) in [6.07, 6.45) is 0.562.